The van der Waals surface area contributed by atoms with Crippen molar-refractivity contribution in [3.8, 4) is 0 Å². The molecule has 0 saturated carbocycles. The predicted octanol–water partition coefficient (Wildman–Crippen LogP) is 1.54. The van der Waals surface area contributed by atoms with Crippen LogP contribution < -0.4 is 0 Å². The van der Waals surface area contributed by atoms with Gasteiger partial charge in [0.1, 0.15) is 12.4 Å². The highest BCUT2D eigenvalue weighted by molar-refractivity contribution is 5.76. The highest BCUT2D eigenvalue weighted by Gasteiger charge is 2.25. The predicted molar refractivity (Wildman–Crippen MR) is 79.0 cm³/mol. The molecule has 1 aromatic heterocycles. The summed E-state index contributed by atoms with van der Waals surface area (Å²) in [4.78, 5) is 18.4. The van der Waals surface area contributed by atoms with Crippen molar-refractivity contribution >= 4 is 5.91 Å². The number of carbonyl (C=O) groups excluding carboxylic acids is 1. The van der Waals surface area contributed by atoms with Gasteiger partial charge < -0.3 is 18.9 Å². The van der Waals surface area contributed by atoms with Crippen molar-refractivity contribution < 1.29 is 14.3 Å². The van der Waals surface area contributed by atoms with Gasteiger partial charge in [0, 0.05) is 45.2 Å². The fourth-order valence-corrected chi connectivity index (χ4v) is 2.95. The molecule has 2 heterocycles. The first-order valence-electron chi connectivity index (χ1n) is 7.45. The quantitative estimate of drug-likeness (QED) is 0.799. The maximum atomic E-state index is 12.0. The lowest BCUT2D eigenvalue weighted by Gasteiger charge is -2.34. The van der Waals surface area contributed by atoms with E-state index < -0.39 is 0 Å². The molecule has 0 spiro atoms. The molecule has 21 heavy (non-hydrogen) atoms. The van der Waals surface area contributed by atoms with Crippen LogP contribution >= 0.6 is 0 Å². The maximum Gasteiger partial charge on any atom is 0.224 e. The number of aryl methyl sites for hydroxylation is 1. The molecular formula is C15H25N3O3. The topological polar surface area (TPSA) is 56.6 Å². The van der Waals surface area contributed by atoms with E-state index in [1.54, 1.807) is 14.2 Å². The Morgan fingerprint density at radius 1 is 1.33 bits per heavy atom. The molecule has 0 atom stereocenters. The number of ether oxygens (including phenoxy) is 2. The second-order valence-electron chi connectivity index (χ2n) is 5.47. The summed E-state index contributed by atoms with van der Waals surface area (Å²) < 4.78 is 12.4. The molecular weight excluding hydrogens is 270 g/mol. The third-order valence-electron chi connectivity index (χ3n) is 4.03. The third-order valence-corrected chi connectivity index (χ3v) is 4.03. The molecule has 1 fully saturated rings. The van der Waals surface area contributed by atoms with Gasteiger partial charge >= 0.3 is 0 Å². The maximum absolute atomic E-state index is 12.0. The molecule has 1 aromatic rings. The Hall–Kier alpha value is -1.40. The number of rotatable bonds is 6. The molecule has 0 unspecified atom stereocenters. The Morgan fingerprint density at radius 3 is 2.67 bits per heavy atom. The van der Waals surface area contributed by atoms with Gasteiger partial charge in [-0.2, -0.15) is 0 Å². The lowest BCUT2D eigenvalue weighted by atomic mass is 10.0. The van der Waals surface area contributed by atoms with Crippen LogP contribution in [0, 0.1) is 6.92 Å². The Bertz CT molecular complexity index is 465. The van der Waals surface area contributed by atoms with Crippen LogP contribution in [0.4, 0.5) is 0 Å². The molecule has 1 amide bonds. The van der Waals surface area contributed by atoms with Crippen molar-refractivity contribution in [2.24, 2.45) is 0 Å². The highest BCUT2D eigenvalue weighted by Crippen LogP contribution is 2.26. The summed E-state index contributed by atoms with van der Waals surface area (Å²) in [6, 6.07) is 0.407. The van der Waals surface area contributed by atoms with Gasteiger partial charge in [0.25, 0.3) is 0 Å². The van der Waals surface area contributed by atoms with Crippen molar-refractivity contribution in [3.05, 3.63) is 17.7 Å². The smallest absolute Gasteiger partial charge is 0.224 e. The minimum Gasteiger partial charge on any atom is -0.384 e. The molecule has 1 aliphatic heterocycles. The van der Waals surface area contributed by atoms with Gasteiger partial charge in [-0.3, -0.25) is 4.79 Å². The lowest BCUT2D eigenvalue weighted by molar-refractivity contribution is -0.133. The summed E-state index contributed by atoms with van der Waals surface area (Å²) in [6.07, 6.45) is 4.30. The van der Waals surface area contributed by atoms with Gasteiger partial charge in [0.2, 0.25) is 5.91 Å². The van der Waals surface area contributed by atoms with E-state index in [4.69, 9.17) is 9.47 Å². The molecule has 1 saturated heterocycles. The van der Waals surface area contributed by atoms with Gasteiger partial charge in [-0.1, -0.05) is 0 Å². The zero-order valence-corrected chi connectivity index (χ0v) is 13.2. The molecule has 0 bridgehead atoms. The number of piperidine rings is 1. The van der Waals surface area contributed by atoms with Crippen LogP contribution in [-0.4, -0.2) is 54.3 Å². The van der Waals surface area contributed by atoms with Crippen LogP contribution in [0.15, 0.2) is 6.20 Å². The van der Waals surface area contributed by atoms with E-state index in [2.05, 4.69) is 16.5 Å². The van der Waals surface area contributed by atoms with Crippen LogP contribution in [0.1, 0.15) is 36.8 Å². The molecule has 0 radical (unpaired) electrons. The number of hydrogen-bond acceptors (Lipinski definition) is 4. The van der Waals surface area contributed by atoms with E-state index in [0.717, 1.165) is 37.4 Å². The van der Waals surface area contributed by atoms with Crippen LogP contribution in [0.3, 0.4) is 0 Å². The second kappa shape index (κ2) is 7.56. The first kappa shape index (κ1) is 16.0. The molecule has 118 valence electrons. The van der Waals surface area contributed by atoms with Crippen molar-refractivity contribution in [2.45, 2.75) is 38.8 Å². The summed E-state index contributed by atoms with van der Waals surface area (Å²) in [5.74, 6) is 1.16. The van der Waals surface area contributed by atoms with E-state index in [0.29, 0.717) is 25.7 Å². The van der Waals surface area contributed by atoms with Gasteiger partial charge in [0.05, 0.1) is 13.0 Å². The fourth-order valence-electron chi connectivity index (χ4n) is 2.95. The molecule has 0 aromatic carbocycles. The zero-order valence-electron chi connectivity index (χ0n) is 13.2. The summed E-state index contributed by atoms with van der Waals surface area (Å²) in [5.41, 5.74) is 1.16. The number of nitrogens with zero attached hydrogens (tertiary/aromatic N) is 3. The number of carbonyl (C=O) groups is 1. The minimum atomic E-state index is 0.190. The average Bonchev–Trinajstić information content (AvgIpc) is 2.86. The number of aromatic nitrogens is 2. The fraction of sp³-hybridized carbons (Fsp3) is 0.733. The molecule has 0 aliphatic carbocycles. The third kappa shape index (κ3) is 3.83. The zero-order chi connectivity index (χ0) is 15.2. The highest BCUT2D eigenvalue weighted by atomic mass is 16.5. The number of hydrogen-bond donors (Lipinski definition) is 0. The SMILES string of the molecule is COCCC(=O)N1CCC(n2c(C)cnc2COC)CC1. The lowest BCUT2D eigenvalue weighted by Crippen LogP contribution is -2.39. The number of imidazole rings is 1. The first-order valence-corrected chi connectivity index (χ1v) is 7.45. The Balaban J connectivity index is 1.95. The normalized spacial score (nSPS) is 16.4. The van der Waals surface area contributed by atoms with Crippen molar-refractivity contribution in [1.29, 1.82) is 0 Å². The first-order chi connectivity index (χ1) is 10.2. The summed E-state index contributed by atoms with van der Waals surface area (Å²) in [6.45, 7) is 4.70. The average molecular weight is 295 g/mol. The van der Waals surface area contributed by atoms with E-state index >= 15 is 0 Å². The van der Waals surface area contributed by atoms with Gasteiger partial charge in [-0.25, -0.2) is 4.98 Å². The molecule has 0 N–H and O–H groups in total. The van der Waals surface area contributed by atoms with Gasteiger partial charge in [-0.05, 0) is 19.8 Å². The number of methoxy groups -OCH3 is 2. The molecule has 6 nitrogen and oxygen atoms in total. The van der Waals surface area contributed by atoms with Crippen LogP contribution in [-0.2, 0) is 20.9 Å². The Labute approximate surface area is 126 Å². The summed E-state index contributed by atoms with van der Waals surface area (Å²) in [7, 11) is 3.31. The van der Waals surface area contributed by atoms with Gasteiger partial charge in [0.15, 0.2) is 0 Å². The summed E-state index contributed by atoms with van der Waals surface area (Å²) >= 11 is 0. The van der Waals surface area contributed by atoms with Crippen molar-refractivity contribution in [1.82, 2.24) is 14.5 Å². The number of amides is 1. The molecule has 1 aliphatic rings. The Morgan fingerprint density at radius 2 is 2.05 bits per heavy atom. The monoisotopic (exact) mass is 295 g/mol. The minimum absolute atomic E-state index is 0.190. The van der Waals surface area contributed by atoms with Crippen LogP contribution in [0.2, 0.25) is 0 Å². The van der Waals surface area contributed by atoms with E-state index in [1.807, 2.05) is 11.1 Å². The summed E-state index contributed by atoms with van der Waals surface area (Å²) in [5, 5.41) is 0. The Kier molecular flexibility index (Phi) is 5.76. The van der Waals surface area contributed by atoms with Gasteiger partial charge in [-0.15, -0.1) is 0 Å². The van der Waals surface area contributed by atoms with E-state index in [1.165, 1.54) is 0 Å². The van der Waals surface area contributed by atoms with Crippen LogP contribution in [0.25, 0.3) is 0 Å². The van der Waals surface area contributed by atoms with Crippen LogP contribution in [0.5, 0.6) is 0 Å². The number of likely N-dealkylation sites (tertiary alicyclic amines) is 1. The van der Waals surface area contributed by atoms with Crippen molar-refractivity contribution in [3.63, 3.8) is 0 Å². The van der Waals surface area contributed by atoms with E-state index in [-0.39, 0.29) is 5.91 Å². The molecule has 2 rings (SSSR count). The largest absolute Gasteiger partial charge is 0.384 e. The van der Waals surface area contributed by atoms with E-state index in [9.17, 15) is 4.79 Å². The van der Waals surface area contributed by atoms with Crippen molar-refractivity contribution in [2.75, 3.05) is 33.9 Å². The standard InChI is InChI=1S/C15H25N3O3/c1-12-10-16-14(11-21-3)18(12)13-4-7-17(8-5-13)15(19)6-9-20-2/h10,13H,4-9,11H2,1-3H3. The molecule has 6 heteroatoms. The second-order valence-corrected chi connectivity index (χ2v) is 5.47.